The average Bonchev–Trinajstić information content (AvgIpc) is 2.18. The molecule has 1 aliphatic rings. The first-order valence-electron chi connectivity index (χ1n) is 5.40. The molecule has 1 aliphatic carbocycles. The molecule has 0 aromatic heterocycles. The van der Waals surface area contributed by atoms with Crippen LogP contribution in [-0.2, 0) is 9.59 Å². The number of amides is 2. The minimum Gasteiger partial charge on any atom is -0.370 e. The monoisotopic (exact) mass is 213 g/mol. The van der Waals surface area contributed by atoms with E-state index in [1.807, 2.05) is 0 Å². The maximum absolute atomic E-state index is 10.9. The summed E-state index contributed by atoms with van der Waals surface area (Å²) in [5, 5.41) is 3.26. The van der Waals surface area contributed by atoms with Crippen LogP contribution in [0.25, 0.3) is 0 Å². The van der Waals surface area contributed by atoms with E-state index in [0.29, 0.717) is 19.0 Å². The number of hydrogen-bond acceptors (Lipinski definition) is 3. The Balaban J connectivity index is 2.14. The quantitative estimate of drug-likeness (QED) is 0.574. The summed E-state index contributed by atoms with van der Waals surface area (Å²) in [4.78, 5) is 21.4. The third-order valence-electron chi connectivity index (χ3n) is 2.93. The molecule has 0 aliphatic heterocycles. The van der Waals surface area contributed by atoms with Gasteiger partial charge in [-0.1, -0.05) is 0 Å². The molecule has 5 N–H and O–H groups in total. The average molecular weight is 213 g/mol. The van der Waals surface area contributed by atoms with Gasteiger partial charge in [0.1, 0.15) is 0 Å². The van der Waals surface area contributed by atoms with Crippen molar-refractivity contribution >= 4 is 11.8 Å². The molecule has 0 atom stereocenters. The number of primary amides is 2. The lowest BCUT2D eigenvalue weighted by molar-refractivity contribution is -0.122. The van der Waals surface area contributed by atoms with Crippen molar-refractivity contribution in [1.82, 2.24) is 5.32 Å². The van der Waals surface area contributed by atoms with Gasteiger partial charge in [0.2, 0.25) is 11.8 Å². The van der Waals surface area contributed by atoms with E-state index in [9.17, 15) is 9.59 Å². The predicted octanol–water partition coefficient (Wildman–Crippen LogP) is -0.505. The number of rotatable bonds is 5. The number of nitrogens with one attached hydrogen (secondary N) is 1. The normalized spacial score (nSPS) is 26.1. The second-order valence-electron chi connectivity index (χ2n) is 4.12. The van der Waals surface area contributed by atoms with Crippen LogP contribution in [0, 0.1) is 5.92 Å². The Hall–Kier alpha value is -1.10. The third kappa shape index (κ3) is 4.29. The van der Waals surface area contributed by atoms with Gasteiger partial charge < -0.3 is 16.8 Å². The van der Waals surface area contributed by atoms with Crippen molar-refractivity contribution in [2.24, 2.45) is 17.4 Å². The van der Waals surface area contributed by atoms with Crippen LogP contribution >= 0.6 is 0 Å². The van der Waals surface area contributed by atoms with Crippen LogP contribution < -0.4 is 16.8 Å². The first kappa shape index (κ1) is 12.0. The van der Waals surface area contributed by atoms with Gasteiger partial charge in [-0.3, -0.25) is 9.59 Å². The highest BCUT2D eigenvalue weighted by molar-refractivity contribution is 5.76. The lowest BCUT2D eigenvalue weighted by Gasteiger charge is -2.27. The van der Waals surface area contributed by atoms with Gasteiger partial charge in [-0.05, 0) is 25.7 Å². The molecule has 0 bridgehead atoms. The van der Waals surface area contributed by atoms with Crippen LogP contribution in [0.2, 0.25) is 0 Å². The zero-order chi connectivity index (χ0) is 11.3. The fourth-order valence-corrected chi connectivity index (χ4v) is 1.98. The van der Waals surface area contributed by atoms with Crippen molar-refractivity contribution in [3.8, 4) is 0 Å². The van der Waals surface area contributed by atoms with Gasteiger partial charge in [0, 0.05) is 24.9 Å². The van der Waals surface area contributed by atoms with E-state index in [1.54, 1.807) is 0 Å². The predicted molar refractivity (Wildman–Crippen MR) is 56.8 cm³/mol. The van der Waals surface area contributed by atoms with Gasteiger partial charge in [0.15, 0.2) is 0 Å². The SMILES string of the molecule is NC(=O)CCNC1CCC(C(N)=O)CC1. The second-order valence-corrected chi connectivity index (χ2v) is 4.12. The van der Waals surface area contributed by atoms with Gasteiger partial charge in [-0.15, -0.1) is 0 Å². The van der Waals surface area contributed by atoms with Crippen molar-refractivity contribution in [2.75, 3.05) is 6.54 Å². The lowest BCUT2D eigenvalue weighted by Crippen LogP contribution is -2.37. The molecule has 5 heteroatoms. The molecule has 86 valence electrons. The van der Waals surface area contributed by atoms with Crippen molar-refractivity contribution in [1.29, 1.82) is 0 Å². The van der Waals surface area contributed by atoms with Crippen LogP contribution in [0.3, 0.4) is 0 Å². The Bertz CT molecular complexity index is 232. The molecule has 15 heavy (non-hydrogen) atoms. The maximum Gasteiger partial charge on any atom is 0.220 e. The van der Waals surface area contributed by atoms with Crippen LogP contribution in [0.4, 0.5) is 0 Å². The van der Waals surface area contributed by atoms with Crippen LogP contribution in [0.5, 0.6) is 0 Å². The number of carbonyl (C=O) groups excluding carboxylic acids is 2. The topological polar surface area (TPSA) is 98.2 Å². The summed E-state index contributed by atoms with van der Waals surface area (Å²) < 4.78 is 0. The van der Waals surface area contributed by atoms with Crippen molar-refractivity contribution in [3.05, 3.63) is 0 Å². The lowest BCUT2D eigenvalue weighted by atomic mass is 9.85. The zero-order valence-corrected chi connectivity index (χ0v) is 8.87. The molecule has 0 radical (unpaired) electrons. The van der Waals surface area contributed by atoms with E-state index in [4.69, 9.17) is 11.5 Å². The Kier molecular flexibility index (Phi) is 4.55. The molecule has 2 amide bonds. The molecule has 0 aromatic carbocycles. The summed E-state index contributed by atoms with van der Waals surface area (Å²) in [6, 6.07) is 0.403. The standard InChI is InChI=1S/C10H19N3O2/c11-9(14)5-6-13-8-3-1-7(2-4-8)10(12)15/h7-8,13H,1-6H2,(H2,11,14)(H2,12,15). The zero-order valence-electron chi connectivity index (χ0n) is 8.87. The van der Waals surface area contributed by atoms with Crippen molar-refractivity contribution < 1.29 is 9.59 Å². The highest BCUT2D eigenvalue weighted by Gasteiger charge is 2.23. The van der Waals surface area contributed by atoms with E-state index >= 15 is 0 Å². The first-order valence-corrected chi connectivity index (χ1v) is 5.40. The first-order chi connectivity index (χ1) is 7.09. The molecule has 0 heterocycles. The Labute approximate surface area is 89.6 Å². The molecule has 1 fully saturated rings. The Morgan fingerprint density at radius 3 is 2.20 bits per heavy atom. The van der Waals surface area contributed by atoms with Gasteiger partial charge in [0.05, 0.1) is 0 Å². The molecular weight excluding hydrogens is 194 g/mol. The smallest absolute Gasteiger partial charge is 0.220 e. The van der Waals surface area contributed by atoms with E-state index in [-0.39, 0.29) is 17.7 Å². The largest absolute Gasteiger partial charge is 0.370 e. The number of nitrogens with two attached hydrogens (primary N) is 2. The number of hydrogen-bond donors (Lipinski definition) is 3. The van der Waals surface area contributed by atoms with Gasteiger partial charge in [0.25, 0.3) is 0 Å². The van der Waals surface area contributed by atoms with E-state index in [1.165, 1.54) is 0 Å². The van der Waals surface area contributed by atoms with E-state index < -0.39 is 0 Å². The minimum absolute atomic E-state index is 0.0409. The molecular formula is C10H19N3O2. The van der Waals surface area contributed by atoms with Gasteiger partial charge in [-0.25, -0.2) is 0 Å². The van der Waals surface area contributed by atoms with Crippen molar-refractivity contribution in [3.63, 3.8) is 0 Å². The van der Waals surface area contributed by atoms with E-state index in [2.05, 4.69) is 5.32 Å². The molecule has 1 saturated carbocycles. The summed E-state index contributed by atoms with van der Waals surface area (Å²) in [6.07, 6.45) is 3.97. The maximum atomic E-state index is 10.9. The molecule has 0 spiro atoms. The molecule has 5 nitrogen and oxygen atoms in total. The van der Waals surface area contributed by atoms with Crippen LogP contribution in [0.15, 0.2) is 0 Å². The van der Waals surface area contributed by atoms with Crippen LogP contribution in [0.1, 0.15) is 32.1 Å². The van der Waals surface area contributed by atoms with E-state index in [0.717, 1.165) is 25.7 Å². The Morgan fingerprint density at radius 1 is 1.13 bits per heavy atom. The number of carbonyl (C=O) groups is 2. The summed E-state index contributed by atoms with van der Waals surface area (Å²) in [6.45, 7) is 0.626. The third-order valence-corrected chi connectivity index (χ3v) is 2.93. The van der Waals surface area contributed by atoms with Crippen LogP contribution in [-0.4, -0.2) is 24.4 Å². The summed E-state index contributed by atoms with van der Waals surface area (Å²) >= 11 is 0. The summed E-state index contributed by atoms with van der Waals surface area (Å²) in [7, 11) is 0. The molecule has 0 aromatic rings. The molecule has 0 unspecified atom stereocenters. The second kappa shape index (κ2) is 5.70. The Morgan fingerprint density at radius 2 is 1.73 bits per heavy atom. The summed E-state index contributed by atoms with van der Waals surface area (Å²) in [5.74, 6) is -0.432. The molecule has 1 rings (SSSR count). The fourth-order valence-electron chi connectivity index (χ4n) is 1.98. The van der Waals surface area contributed by atoms with Crippen molar-refractivity contribution in [2.45, 2.75) is 38.1 Å². The van der Waals surface area contributed by atoms with Gasteiger partial charge in [-0.2, -0.15) is 0 Å². The summed E-state index contributed by atoms with van der Waals surface area (Å²) in [5.41, 5.74) is 10.3. The van der Waals surface area contributed by atoms with Gasteiger partial charge >= 0.3 is 0 Å². The molecule has 0 saturated heterocycles. The highest BCUT2D eigenvalue weighted by atomic mass is 16.1. The minimum atomic E-state index is -0.284. The fraction of sp³-hybridized carbons (Fsp3) is 0.800. The highest BCUT2D eigenvalue weighted by Crippen LogP contribution is 2.23.